The van der Waals surface area contributed by atoms with E-state index in [-0.39, 0.29) is 12.2 Å². The van der Waals surface area contributed by atoms with Crippen LogP contribution in [0, 0.1) is 0 Å². The molecule has 2 aliphatic heterocycles. The van der Waals surface area contributed by atoms with Crippen molar-refractivity contribution in [1.29, 1.82) is 0 Å². The van der Waals surface area contributed by atoms with Crippen molar-refractivity contribution in [3.8, 4) is 0 Å². The molecule has 0 saturated carbocycles. The molecule has 2 atom stereocenters. The Labute approximate surface area is 91.0 Å². The van der Waals surface area contributed by atoms with Crippen LogP contribution in [0.3, 0.4) is 0 Å². The van der Waals surface area contributed by atoms with Gasteiger partial charge in [-0.2, -0.15) is 0 Å². The van der Waals surface area contributed by atoms with Crippen molar-refractivity contribution in [2.45, 2.75) is 51.3 Å². The van der Waals surface area contributed by atoms with Crippen LogP contribution in [0.1, 0.15) is 33.1 Å². The predicted molar refractivity (Wildman–Crippen MR) is 57.8 cm³/mol. The van der Waals surface area contributed by atoms with Gasteiger partial charge in [-0.3, -0.25) is 0 Å². The Morgan fingerprint density at radius 3 is 2.80 bits per heavy atom. The standard InChI is InChI=1S/C11H20N2O2/c1-8(2)15-11(14)13-6-5-9-3-4-10(7-13)12-9/h8-10,12H,3-7H2,1-2H3. The molecule has 2 bridgehead atoms. The van der Waals surface area contributed by atoms with Crippen LogP contribution in [0.5, 0.6) is 0 Å². The number of carbonyl (C=O) groups is 1. The molecule has 2 heterocycles. The highest BCUT2D eigenvalue weighted by atomic mass is 16.6. The van der Waals surface area contributed by atoms with Gasteiger partial charge in [-0.25, -0.2) is 4.79 Å². The molecule has 0 radical (unpaired) electrons. The number of amides is 1. The van der Waals surface area contributed by atoms with E-state index in [0.29, 0.717) is 12.1 Å². The molecule has 2 fully saturated rings. The monoisotopic (exact) mass is 212 g/mol. The van der Waals surface area contributed by atoms with Crippen molar-refractivity contribution < 1.29 is 9.53 Å². The van der Waals surface area contributed by atoms with Gasteiger partial charge < -0.3 is 15.0 Å². The molecule has 2 unspecified atom stereocenters. The number of ether oxygens (including phenoxy) is 1. The summed E-state index contributed by atoms with van der Waals surface area (Å²) in [6, 6.07) is 1.10. The molecule has 86 valence electrons. The smallest absolute Gasteiger partial charge is 0.410 e. The molecule has 4 heteroatoms. The SMILES string of the molecule is CC(C)OC(=O)N1CCC2CCC(C1)N2. The van der Waals surface area contributed by atoms with Gasteiger partial charge in [0.2, 0.25) is 0 Å². The van der Waals surface area contributed by atoms with Gasteiger partial charge in [0.25, 0.3) is 0 Å². The zero-order chi connectivity index (χ0) is 10.8. The number of carbonyl (C=O) groups excluding carboxylic acids is 1. The highest BCUT2D eigenvalue weighted by Crippen LogP contribution is 2.20. The third kappa shape index (κ3) is 2.62. The normalized spacial score (nSPS) is 30.5. The van der Waals surface area contributed by atoms with Crippen molar-refractivity contribution in [2.75, 3.05) is 13.1 Å². The van der Waals surface area contributed by atoms with Crippen LogP contribution in [0.15, 0.2) is 0 Å². The summed E-state index contributed by atoms with van der Waals surface area (Å²) in [6.07, 6.45) is 3.34. The zero-order valence-electron chi connectivity index (χ0n) is 9.53. The molecule has 0 spiro atoms. The fraction of sp³-hybridized carbons (Fsp3) is 0.909. The van der Waals surface area contributed by atoms with Crippen LogP contribution in [0.25, 0.3) is 0 Å². The van der Waals surface area contributed by atoms with E-state index in [2.05, 4.69) is 5.32 Å². The molecule has 1 amide bonds. The number of likely N-dealkylation sites (tertiary alicyclic amines) is 1. The number of fused-ring (bicyclic) bond motifs is 2. The van der Waals surface area contributed by atoms with E-state index in [0.717, 1.165) is 19.5 Å². The van der Waals surface area contributed by atoms with Crippen molar-refractivity contribution in [3.63, 3.8) is 0 Å². The minimum absolute atomic E-state index is 0.0223. The molecule has 0 aromatic rings. The molecular formula is C11H20N2O2. The van der Waals surface area contributed by atoms with Crippen molar-refractivity contribution in [3.05, 3.63) is 0 Å². The quantitative estimate of drug-likeness (QED) is 0.713. The third-order valence-corrected chi connectivity index (χ3v) is 3.12. The summed E-state index contributed by atoms with van der Waals surface area (Å²) in [5.41, 5.74) is 0. The van der Waals surface area contributed by atoms with E-state index in [9.17, 15) is 4.79 Å². The topological polar surface area (TPSA) is 41.6 Å². The Kier molecular flexibility index (Phi) is 3.14. The number of hydrogen-bond acceptors (Lipinski definition) is 3. The zero-order valence-corrected chi connectivity index (χ0v) is 9.53. The largest absolute Gasteiger partial charge is 0.447 e. The molecule has 1 N–H and O–H groups in total. The van der Waals surface area contributed by atoms with Gasteiger partial charge in [-0.15, -0.1) is 0 Å². The highest BCUT2D eigenvalue weighted by Gasteiger charge is 2.31. The first kappa shape index (κ1) is 10.7. The lowest BCUT2D eigenvalue weighted by Gasteiger charge is -2.24. The number of nitrogens with one attached hydrogen (secondary N) is 1. The fourth-order valence-electron chi connectivity index (χ4n) is 2.39. The minimum atomic E-state index is -0.153. The summed E-state index contributed by atoms with van der Waals surface area (Å²) in [7, 11) is 0. The molecule has 0 aliphatic carbocycles. The summed E-state index contributed by atoms with van der Waals surface area (Å²) >= 11 is 0. The van der Waals surface area contributed by atoms with E-state index in [4.69, 9.17) is 4.74 Å². The molecule has 2 aliphatic rings. The van der Waals surface area contributed by atoms with Crippen LogP contribution in [-0.2, 0) is 4.74 Å². The average Bonchev–Trinajstić information content (AvgIpc) is 2.44. The molecule has 2 saturated heterocycles. The maximum Gasteiger partial charge on any atom is 0.410 e. The average molecular weight is 212 g/mol. The molecule has 0 aromatic heterocycles. The van der Waals surface area contributed by atoms with Gasteiger partial charge in [0.15, 0.2) is 0 Å². The van der Waals surface area contributed by atoms with Crippen LogP contribution < -0.4 is 5.32 Å². The molecule has 15 heavy (non-hydrogen) atoms. The lowest BCUT2D eigenvalue weighted by molar-refractivity contribution is 0.0754. The first-order chi connectivity index (χ1) is 7.15. The van der Waals surface area contributed by atoms with E-state index in [1.807, 2.05) is 18.7 Å². The molecule has 4 nitrogen and oxygen atoms in total. The lowest BCUT2D eigenvalue weighted by atomic mass is 10.1. The van der Waals surface area contributed by atoms with E-state index in [1.165, 1.54) is 12.8 Å². The predicted octanol–water partition coefficient (Wildman–Crippen LogP) is 1.36. The fourth-order valence-corrected chi connectivity index (χ4v) is 2.39. The van der Waals surface area contributed by atoms with Crippen LogP contribution in [0.2, 0.25) is 0 Å². The lowest BCUT2D eigenvalue weighted by Crippen LogP contribution is -2.40. The summed E-state index contributed by atoms with van der Waals surface area (Å²) in [5.74, 6) is 0. The van der Waals surface area contributed by atoms with Crippen molar-refractivity contribution in [1.82, 2.24) is 10.2 Å². The van der Waals surface area contributed by atoms with Gasteiger partial charge in [-0.1, -0.05) is 0 Å². The van der Waals surface area contributed by atoms with Crippen LogP contribution in [-0.4, -0.2) is 42.3 Å². The van der Waals surface area contributed by atoms with Gasteiger partial charge in [0.05, 0.1) is 6.10 Å². The summed E-state index contributed by atoms with van der Waals surface area (Å²) in [6.45, 7) is 5.42. The molecular weight excluding hydrogens is 192 g/mol. The second-order valence-electron chi connectivity index (χ2n) is 4.81. The van der Waals surface area contributed by atoms with Crippen LogP contribution in [0.4, 0.5) is 4.79 Å². The van der Waals surface area contributed by atoms with Gasteiger partial charge >= 0.3 is 6.09 Å². The van der Waals surface area contributed by atoms with E-state index in [1.54, 1.807) is 0 Å². The van der Waals surface area contributed by atoms with Crippen molar-refractivity contribution in [2.24, 2.45) is 0 Å². The number of nitrogens with zero attached hydrogens (tertiary/aromatic N) is 1. The third-order valence-electron chi connectivity index (χ3n) is 3.12. The second kappa shape index (κ2) is 4.39. The van der Waals surface area contributed by atoms with Crippen LogP contribution >= 0.6 is 0 Å². The first-order valence-corrected chi connectivity index (χ1v) is 5.87. The summed E-state index contributed by atoms with van der Waals surface area (Å²) in [4.78, 5) is 13.6. The summed E-state index contributed by atoms with van der Waals surface area (Å²) in [5, 5.41) is 3.54. The second-order valence-corrected chi connectivity index (χ2v) is 4.81. The highest BCUT2D eigenvalue weighted by molar-refractivity contribution is 5.67. The van der Waals surface area contributed by atoms with Crippen molar-refractivity contribution >= 4 is 6.09 Å². The Morgan fingerprint density at radius 1 is 1.33 bits per heavy atom. The minimum Gasteiger partial charge on any atom is -0.447 e. The van der Waals surface area contributed by atoms with E-state index < -0.39 is 0 Å². The maximum atomic E-state index is 11.7. The summed E-state index contributed by atoms with van der Waals surface area (Å²) < 4.78 is 5.21. The maximum absolute atomic E-state index is 11.7. The van der Waals surface area contributed by atoms with Gasteiger partial charge in [-0.05, 0) is 33.1 Å². The molecule has 2 rings (SSSR count). The Morgan fingerprint density at radius 2 is 2.07 bits per heavy atom. The first-order valence-electron chi connectivity index (χ1n) is 5.87. The Balaban J connectivity index is 1.90. The van der Waals surface area contributed by atoms with Gasteiger partial charge in [0.1, 0.15) is 0 Å². The van der Waals surface area contributed by atoms with Gasteiger partial charge in [0, 0.05) is 25.2 Å². The number of rotatable bonds is 1. The molecule has 0 aromatic carbocycles. The Bertz CT molecular complexity index is 243. The van der Waals surface area contributed by atoms with E-state index >= 15 is 0 Å². The Hall–Kier alpha value is -0.770. The number of hydrogen-bond donors (Lipinski definition) is 1.